The van der Waals surface area contributed by atoms with Crippen LogP contribution in [0.4, 0.5) is 4.79 Å². The molecule has 2 aromatic carbocycles. The number of rotatable bonds is 9. The summed E-state index contributed by atoms with van der Waals surface area (Å²) in [5.41, 5.74) is 4.89. The molecule has 178 valence electrons. The van der Waals surface area contributed by atoms with Crippen molar-refractivity contribution < 1.29 is 19.1 Å². The Morgan fingerprint density at radius 3 is 2.65 bits per heavy atom. The quantitative estimate of drug-likeness (QED) is 0.333. The Morgan fingerprint density at radius 2 is 1.91 bits per heavy atom. The van der Waals surface area contributed by atoms with Gasteiger partial charge in [0.05, 0.1) is 12.8 Å². The number of amides is 3. The van der Waals surface area contributed by atoms with E-state index >= 15 is 0 Å². The molecule has 2 unspecified atom stereocenters. The molecule has 2 aliphatic heterocycles. The molecule has 0 aliphatic carbocycles. The number of urea groups is 1. The lowest BCUT2D eigenvalue weighted by atomic mass is 10.1. The fourth-order valence-corrected chi connectivity index (χ4v) is 3.73. The summed E-state index contributed by atoms with van der Waals surface area (Å²) in [5.74, 6) is 0.782. The zero-order chi connectivity index (χ0) is 23.9. The molecular weight excluding hydrogens is 436 g/mol. The molecule has 10 heteroatoms. The zero-order valence-electron chi connectivity index (χ0n) is 19.2. The van der Waals surface area contributed by atoms with Crippen molar-refractivity contribution >= 4 is 24.1 Å². The topological polar surface area (TPSA) is 108 Å². The third-order valence-corrected chi connectivity index (χ3v) is 5.55. The molecular formula is C24H28N6O4. The molecule has 1 saturated heterocycles. The highest BCUT2D eigenvalue weighted by molar-refractivity contribution is 6.03. The van der Waals surface area contributed by atoms with Gasteiger partial charge in [0.25, 0.3) is 5.91 Å². The second kappa shape index (κ2) is 10.8. The van der Waals surface area contributed by atoms with Gasteiger partial charge in [-0.3, -0.25) is 10.1 Å². The molecule has 10 nitrogen and oxygen atoms in total. The van der Waals surface area contributed by atoms with Crippen molar-refractivity contribution in [1.29, 1.82) is 0 Å². The number of guanidine groups is 1. The molecule has 1 fully saturated rings. The predicted molar refractivity (Wildman–Crippen MR) is 127 cm³/mol. The van der Waals surface area contributed by atoms with Crippen molar-refractivity contribution in [3.05, 3.63) is 65.7 Å². The number of aliphatic imine (C=N–C) groups is 1. The smallest absolute Gasteiger partial charge is 0.325 e. The van der Waals surface area contributed by atoms with E-state index in [1.807, 2.05) is 61.5 Å². The number of nitrogens with zero attached hydrogens (tertiary/aromatic N) is 4. The lowest BCUT2D eigenvalue weighted by molar-refractivity contribution is -0.127. The number of likely N-dealkylation sites (N-methyl/N-ethyl adjacent to an activating group) is 1. The second-order valence-corrected chi connectivity index (χ2v) is 7.82. The van der Waals surface area contributed by atoms with E-state index in [2.05, 4.69) is 20.8 Å². The number of nitrogens with one attached hydrogen (secondary N) is 2. The summed E-state index contributed by atoms with van der Waals surface area (Å²) in [4.78, 5) is 32.2. The molecule has 2 N–H and O–H groups in total. The molecule has 2 aliphatic rings. The minimum absolute atomic E-state index is 0.389. The third kappa shape index (κ3) is 5.34. The van der Waals surface area contributed by atoms with E-state index < -0.39 is 18.2 Å². The van der Waals surface area contributed by atoms with Gasteiger partial charge in [-0.25, -0.2) is 15.2 Å². The summed E-state index contributed by atoms with van der Waals surface area (Å²) in [6.07, 6.45) is 1.03. The van der Waals surface area contributed by atoms with Crippen molar-refractivity contribution in [3.63, 3.8) is 0 Å². The molecule has 0 spiro atoms. The summed E-state index contributed by atoms with van der Waals surface area (Å²) in [6, 6.07) is 16.4. The zero-order valence-corrected chi connectivity index (χ0v) is 19.2. The number of carbonyl (C=O) groups is 2. The van der Waals surface area contributed by atoms with Crippen LogP contribution < -0.4 is 15.5 Å². The van der Waals surface area contributed by atoms with Gasteiger partial charge in [-0.05, 0) is 42.3 Å². The van der Waals surface area contributed by atoms with Crippen LogP contribution in [0.1, 0.15) is 18.1 Å². The normalized spacial score (nSPS) is 19.8. The van der Waals surface area contributed by atoms with Crippen LogP contribution in [-0.2, 0) is 16.1 Å². The van der Waals surface area contributed by atoms with E-state index in [4.69, 9.17) is 9.47 Å². The maximum Gasteiger partial charge on any atom is 0.325 e. The van der Waals surface area contributed by atoms with Gasteiger partial charge in [0, 0.05) is 20.2 Å². The van der Waals surface area contributed by atoms with Gasteiger partial charge in [-0.2, -0.15) is 5.10 Å². The molecule has 2 heterocycles. The molecule has 0 saturated carbocycles. The number of fused-ring (bicyclic) bond motifs is 1. The van der Waals surface area contributed by atoms with Gasteiger partial charge in [-0.15, -0.1) is 0 Å². The lowest BCUT2D eigenvalue weighted by Gasteiger charge is -2.35. The minimum atomic E-state index is -0.637. The van der Waals surface area contributed by atoms with E-state index in [0.29, 0.717) is 32.3 Å². The van der Waals surface area contributed by atoms with E-state index in [0.717, 1.165) is 16.9 Å². The Labute approximate surface area is 198 Å². The summed E-state index contributed by atoms with van der Waals surface area (Å²) in [6.45, 7) is 3.82. The van der Waals surface area contributed by atoms with Crippen LogP contribution in [0, 0.1) is 0 Å². The monoisotopic (exact) mass is 464 g/mol. The fourth-order valence-electron chi connectivity index (χ4n) is 3.73. The Kier molecular flexibility index (Phi) is 7.38. The Balaban J connectivity index is 1.38. The number of carbonyl (C=O) groups excluding carboxylic acids is 2. The van der Waals surface area contributed by atoms with Gasteiger partial charge >= 0.3 is 6.03 Å². The average molecular weight is 465 g/mol. The first-order chi connectivity index (χ1) is 16.6. The van der Waals surface area contributed by atoms with Crippen molar-refractivity contribution in [2.24, 2.45) is 10.1 Å². The van der Waals surface area contributed by atoms with Gasteiger partial charge < -0.3 is 19.3 Å². The predicted octanol–water partition coefficient (Wildman–Crippen LogP) is 1.77. The van der Waals surface area contributed by atoms with Crippen molar-refractivity contribution in [2.45, 2.75) is 25.7 Å². The first-order valence-electron chi connectivity index (χ1n) is 11.1. The number of hydrazone groups is 1. The molecule has 0 radical (unpaired) electrons. The number of hydrogen-bond acceptors (Lipinski definition) is 8. The minimum Gasteiger partial charge on any atom is -0.489 e. The highest BCUT2D eigenvalue weighted by Gasteiger charge is 2.48. The summed E-state index contributed by atoms with van der Waals surface area (Å²) in [5, 5.41) is 6.65. The standard InChI is InChI=1S/C24H28N6O4/c1-3-33-14-13-30-20-21(29(2)24(32)27-22(20)31)26-23(30)28-25-15-17-9-11-19(12-10-17)34-16-18-7-5-4-6-8-18/h4-12,15,20-21H,3,13-14,16H2,1-2H3,(H,26,28)(H,27,31,32)/b25-15+. The van der Waals surface area contributed by atoms with Gasteiger partial charge in [-0.1, -0.05) is 30.3 Å². The molecule has 2 aromatic rings. The van der Waals surface area contributed by atoms with Crippen molar-refractivity contribution in [3.8, 4) is 5.75 Å². The number of benzene rings is 2. The van der Waals surface area contributed by atoms with E-state index in [-0.39, 0.29) is 5.91 Å². The number of hydrogen-bond donors (Lipinski definition) is 2. The van der Waals surface area contributed by atoms with E-state index in [1.54, 1.807) is 18.2 Å². The van der Waals surface area contributed by atoms with Crippen molar-refractivity contribution in [2.75, 3.05) is 26.8 Å². The maximum atomic E-state index is 12.5. The molecule has 0 bridgehead atoms. The largest absolute Gasteiger partial charge is 0.489 e. The Hall–Kier alpha value is -3.92. The van der Waals surface area contributed by atoms with Crippen LogP contribution in [0.2, 0.25) is 0 Å². The Morgan fingerprint density at radius 1 is 1.15 bits per heavy atom. The van der Waals surface area contributed by atoms with Crippen LogP contribution in [0.25, 0.3) is 0 Å². The fraction of sp³-hybridized carbons (Fsp3) is 0.333. The highest BCUT2D eigenvalue weighted by atomic mass is 16.5. The molecule has 0 aromatic heterocycles. The summed E-state index contributed by atoms with van der Waals surface area (Å²) in [7, 11) is 1.61. The van der Waals surface area contributed by atoms with E-state index in [9.17, 15) is 9.59 Å². The molecule has 34 heavy (non-hydrogen) atoms. The first-order valence-corrected chi connectivity index (χ1v) is 11.1. The lowest BCUT2D eigenvalue weighted by Crippen LogP contribution is -2.64. The molecule has 4 rings (SSSR count). The van der Waals surface area contributed by atoms with Crippen LogP contribution in [0.5, 0.6) is 5.75 Å². The van der Waals surface area contributed by atoms with Crippen LogP contribution in [-0.4, -0.2) is 72.9 Å². The van der Waals surface area contributed by atoms with Gasteiger partial charge in [0.2, 0.25) is 5.96 Å². The van der Waals surface area contributed by atoms with Gasteiger partial charge in [0.1, 0.15) is 12.4 Å². The van der Waals surface area contributed by atoms with E-state index in [1.165, 1.54) is 4.90 Å². The Bertz CT molecular complexity index is 1060. The van der Waals surface area contributed by atoms with Crippen LogP contribution in [0.3, 0.4) is 0 Å². The average Bonchev–Trinajstić information content (AvgIpc) is 3.22. The SMILES string of the molecule is CCOCCN1C(N/N=C/c2ccc(OCc3ccccc3)cc2)=NC2C1C(=O)NC(=O)N2C. The summed E-state index contributed by atoms with van der Waals surface area (Å²) >= 11 is 0. The summed E-state index contributed by atoms with van der Waals surface area (Å²) < 4.78 is 11.3. The number of ether oxygens (including phenoxy) is 2. The third-order valence-electron chi connectivity index (χ3n) is 5.55. The molecule has 3 amide bonds. The maximum absolute atomic E-state index is 12.5. The van der Waals surface area contributed by atoms with Gasteiger partial charge in [0.15, 0.2) is 12.2 Å². The second-order valence-electron chi connectivity index (χ2n) is 7.82. The first kappa shape index (κ1) is 23.2. The van der Waals surface area contributed by atoms with Crippen LogP contribution in [0.15, 0.2) is 64.7 Å². The highest BCUT2D eigenvalue weighted by Crippen LogP contribution is 2.23. The number of imide groups is 1. The van der Waals surface area contributed by atoms with Crippen LogP contribution >= 0.6 is 0 Å². The van der Waals surface area contributed by atoms with Crippen molar-refractivity contribution in [1.82, 2.24) is 20.5 Å². The molecule has 2 atom stereocenters.